The third-order valence-corrected chi connectivity index (χ3v) is 4.43. The topological polar surface area (TPSA) is 80.5 Å². The largest absolute Gasteiger partial charge is 0.478 e. The minimum atomic E-state index is -0.980. The summed E-state index contributed by atoms with van der Waals surface area (Å²) in [6.07, 6.45) is 1.06. The molecule has 1 aliphatic heterocycles. The zero-order valence-corrected chi connectivity index (χ0v) is 15.1. The maximum Gasteiger partial charge on any atom is 0.266 e. The van der Waals surface area contributed by atoms with Crippen molar-refractivity contribution in [2.45, 2.75) is 38.5 Å². The number of ether oxygens (including phenoxy) is 1. The van der Waals surface area contributed by atoms with Crippen LogP contribution in [0.2, 0.25) is 5.02 Å². The van der Waals surface area contributed by atoms with Crippen LogP contribution in [0.25, 0.3) is 0 Å². The lowest BCUT2D eigenvalue weighted by Crippen LogP contribution is -2.58. The number of benzene rings is 1. The highest BCUT2D eigenvalue weighted by atomic mass is 35.5. The number of amides is 1. The Kier molecular flexibility index (Phi) is 4.71. The van der Waals surface area contributed by atoms with E-state index in [1.165, 1.54) is 0 Å². The van der Waals surface area contributed by atoms with Gasteiger partial charge in [0.05, 0.1) is 18.3 Å². The first-order chi connectivity index (χ1) is 11.8. The van der Waals surface area contributed by atoms with Crippen molar-refractivity contribution in [2.24, 2.45) is 0 Å². The molecule has 3 rings (SSSR count). The summed E-state index contributed by atoms with van der Waals surface area (Å²) in [5, 5.41) is 18.1. The van der Waals surface area contributed by atoms with E-state index in [2.05, 4.69) is 10.3 Å². The molecule has 0 aliphatic carbocycles. The van der Waals surface area contributed by atoms with Crippen molar-refractivity contribution in [1.29, 1.82) is 0 Å². The van der Waals surface area contributed by atoms with Gasteiger partial charge in [-0.2, -0.15) is 0 Å². The van der Waals surface area contributed by atoms with Gasteiger partial charge in [0.15, 0.2) is 5.60 Å². The van der Waals surface area contributed by atoms with E-state index in [0.717, 1.165) is 0 Å². The molecule has 0 bridgehead atoms. The van der Waals surface area contributed by atoms with Gasteiger partial charge >= 0.3 is 0 Å². The predicted octanol–water partition coefficient (Wildman–Crippen LogP) is 2.23. The number of nitrogens with zero attached hydrogens (tertiary/aromatic N) is 4. The second-order valence-electron chi connectivity index (χ2n) is 6.73. The van der Waals surface area contributed by atoms with Gasteiger partial charge in [-0.1, -0.05) is 16.8 Å². The minimum Gasteiger partial charge on any atom is -0.478 e. The van der Waals surface area contributed by atoms with Crippen LogP contribution in [0.1, 0.15) is 38.6 Å². The molecule has 134 valence electrons. The lowest BCUT2D eigenvalue weighted by atomic mass is 10.0. The van der Waals surface area contributed by atoms with Crippen molar-refractivity contribution in [2.75, 3.05) is 13.1 Å². The first-order valence-electron chi connectivity index (χ1n) is 8.10. The molecule has 1 amide bonds. The molecule has 1 N–H and O–H groups in total. The fourth-order valence-corrected chi connectivity index (χ4v) is 2.80. The Morgan fingerprint density at radius 3 is 2.56 bits per heavy atom. The molecule has 1 saturated heterocycles. The Hall–Kier alpha value is -2.12. The number of hydrogen-bond donors (Lipinski definition) is 1. The molecule has 7 nitrogen and oxygen atoms in total. The molecular weight excluding hydrogens is 344 g/mol. The molecule has 1 atom stereocenters. The second-order valence-corrected chi connectivity index (χ2v) is 7.17. The minimum absolute atomic E-state index is 0.0651. The van der Waals surface area contributed by atoms with Gasteiger partial charge in [0.2, 0.25) is 0 Å². The molecule has 8 heteroatoms. The highest BCUT2D eigenvalue weighted by molar-refractivity contribution is 6.30. The third kappa shape index (κ3) is 3.77. The number of carbonyl (C=O) groups is 1. The van der Waals surface area contributed by atoms with Crippen molar-refractivity contribution in [3.63, 3.8) is 0 Å². The fourth-order valence-electron chi connectivity index (χ4n) is 2.67. The third-order valence-electron chi connectivity index (χ3n) is 4.18. The highest BCUT2D eigenvalue weighted by Crippen LogP contribution is 2.27. The van der Waals surface area contributed by atoms with Crippen LogP contribution in [0.4, 0.5) is 0 Å². The average Bonchev–Trinajstić information content (AvgIpc) is 2.97. The van der Waals surface area contributed by atoms with Gasteiger partial charge < -0.3 is 14.7 Å². The Labute approximate surface area is 151 Å². The van der Waals surface area contributed by atoms with Crippen molar-refractivity contribution in [3.8, 4) is 5.75 Å². The standard InChI is InChI=1S/C17H21ClN4O3/c1-11(23)15-10-22(20-19-15)13-8-21(9-13)16(24)17(2,3)25-14-6-4-12(18)5-7-14/h4-7,10-11,13,23H,8-9H2,1-3H3. The number of aliphatic hydroxyl groups is 1. The van der Waals surface area contributed by atoms with Crippen molar-refractivity contribution in [3.05, 3.63) is 41.2 Å². The smallest absolute Gasteiger partial charge is 0.266 e. The number of hydrogen-bond acceptors (Lipinski definition) is 5. The van der Waals surface area contributed by atoms with Crippen LogP contribution in [-0.2, 0) is 4.79 Å². The van der Waals surface area contributed by atoms with Gasteiger partial charge in [-0.15, -0.1) is 5.10 Å². The molecule has 1 aliphatic rings. The van der Waals surface area contributed by atoms with Crippen molar-refractivity contribution in [1.82, 2.24) is 19.9 Å². The zero-order chi connectivity index (χ0) is 18.2. The van der Waals surface area contributed by atoms with Crippen LogP contribution in [0.15, 0.2) is 30.5 Å². The van der Waals surface area contributed by atoms with Crippen molar-refractivity contribution >= 4 is 17.5 Å². The number of aromatic nitrogens is 3. The summed E-state index contributed by atoms with van der Waals surface area (Å²) in [5.41, 5.74) is -0.456. The van der Waals surface area contributed by atoms with Crippen LogP contribution < -0.4 is 4.74 Å². The molecular formula is C17H21ClN4O3. The van der Waals surface area contributed by atoms with E-state index in [4.69, 9.17) is 16.3 Å². The molecule has 0 saturated carbocycles. The lowest BCUT2D eigenvalue weighted by Gasteiger charge is -2.42. The maximum atomic E-state index is 12.7. The summed E-state index contributed by atoms with van der Waals surface area (Å²) in [7, 11) is 0. The molecule has 0 radical (unpaired) electrons. The lowest BCUT2D eigenvalue weighted by molar-refractivity contribution is -0.151. The number of aliphatic hydroxyl groups excluding tert-OH is 1. The first-order valence-corrected chi connectivity index (χ1v) is 8.48. The van der Waals surface area contributed by atoms with Crippen LogP contribution in [0.3, 0.4) is 0 Å². The van der Waals surface area contributed by atoms with Gasteiger partial charge in [0.1, 0.15) is 11.4 Å². The summed E-state index contributed by atoms with van der Waals surface area (Å²) in [6, 6.07) is 6.99. The molecule has 0 spiro atoms. The van der Waals surface area contributed by atoms with E-state index < -0.39 is 11.7 Å². The Bertz CT molecular complexity index is 752. The molecule has 1 aromatic carbocycles. The SMILES string of the molecule is CC(O)c1cn(C2CN(C(=O)C(C)(C)Oc3ccc(Cl)cc3)C2)nn1. The zero-order valence-electron chi connectivity index (χ0n) is 14.4. The summed E-state index contributed by atoms with van der Waals surface area (Å²) >= 11 is 5.86. The molecule has 1 fully saturated rings. The summed E-state index contributed by atoms with van der Waals surface area (Å²) in [6.45, 7) is 6.21. The summed E-state index contributed by atoms with van der Waals surface area (Å²) < 4.78 is 7.53. The number of carbonyl (C=O) groups excluding carboxylic acids is 1. The highest BCUT2D eigenvalue weighted by Gasteiger charge is 2.41. The number of rotatable bonds is 5. The monoisotopic (exact) mass is 364 g/mol. The maximum absolute atomic E-state index is 12.7. The molecule has 1 aromatic heterocycles. The second kappa shape index (κ2) is 6.65. The van der Waals surface area contributed by atoms with E-state index in [0.29, 0.717) is 29.6 Å². The quantitative estimate of drug-likeness (QED) is 0.879. The Balaban J connectivity index is 1.59. The van der Waals surface area contributed by atoms with Gasteiger partial charge in [0.25, 0.3) is 5.91 Å². The summed E-state index contributed by atoms with van der Waals surface area (Å²) in [5.74, 6) is 0.507. The van der Waals surface area contributed by atoms with E-state index in [-0.39, 0.29) is 11.9 Å². The first kappa shape index (κ1) is 17.7. The van der Waals surface area contributed by atoms with Gasteiger partial charge in [-0.3, -0.25) is 4.79 Å². The van der Waals surface area contributed by atoms with Gasteiger partial charge in [-0.25, -0.2) is 4.68 Å². The van der Waals surface area contributed by atoms with Crippen LogP contribution >= 0.6 is 11.6 Å². The van der Waals surface area contributed by atoms with E-state index >= 15 is 0 Å². The Morgan fingerprint density at radius 2 is 2.00 bits per heavy atom. The van der Waals surface area contributed by atoms with Gasteiger partial charge in [0, 0.05) is 18.1 Å². The molecule has 2 aromatic rings. The van der Waals surface area contributed by atoms with Gasteiger partial charge in [-0.05, 0) is 45.0 Å². The van der Waals surface area contributed by atoms with Crippen LogP contribution in [0, 0.1) is 0 Å². The van der Waals surface area contributed by atoms with Crippen molar-refractivity contribution < 1.29 is 14.6 Å². The predicted molar refractivity (Wildman–Crippen MR) is 92.4 cm³/mol. The average molecular weight is 365 g/mol. The van der Waals surface area contributed by atoms with E-state index in [1.807, 2.05) is 0 Å². The van der Waals surface area contributed by atoms with Crippen LogP contribution in [0.5, 0.6) is 5.75 Å². The van der Waals surface area contributed by atoms with E-state index in [9.17, 15) is 9.90 Å². The summed E-state index contributed by atoms with van der Waals surface area (Å²) in [4.78, 5) is 14.4. The molecule has 1 unspecified atom stereocenters. The molecule has 25 heavy (non-hydrogen) atoms. The molecule has 2 heterocycles. The number of halogens is 1. The normalized spacial score (nSPS) is 16.4. The van der Waals surface area contributed by atoms with E-state index in [1.54, 1.807) is 60.8 Å². The number of likely N-dealkylation sites (tertiary alicyclic amines) is 1. The fraction of sp³-hybridized carbons (Fsp3) is 0.471. The Morgan fingerprint density at radius 1 is 1.36 bits per heavy atom. The van der Waals surface area contributed by atoms with Crippen LogP contribution in [-0.4, -0.2) is 49.6 Å².